The Morgan fingerprint density at radius 3 is 1.31 bits per heavy atom. The minimum Gasteiger partial charge on any atom is -0.725 e. The van der Waals surface area contributed by atoms with E-state index < -0.39 is 20.8 Å². The Hall–Kier alpha value is -1.80. The molecule has 0 bridgehead atoms. The Bertz CT molecular complexity index is 831. The maximum absolute atomic E-state index is 9.29. The Kier molecular flexibility index (Phi) is 12.6. The van der Waals surface area contributed by atoms with Crippen LogP contribution in [-0.2, 0) is 51.6 Å². The van der Waals surface area contributed by atoms with Crippen molar-refractivity contribution < 1.29 is 38.7 Å². The number of aromatic nitrogens is 4. The molecule has 0 fully saturated rings. The molecule has 0 radical (unpaired) electrons. The van der Waals surface area contributed by atoms with Gasteiger partial charge in [-0.2, -0.15) is 3.63 Å². The molecule has 0 saturated carbocycles. The normalized spacial score (nSPS) is 11.2. The van der Waals surface area contributed by atoms with Crippen molar-refractivity contribution in [3.63, 3.8) is 0 Å². The Morgan fingerprint density at radius 2 is 1.14 bits per heavy atom. The van der Waals surface area contributed by atoms with E-state index in [0.717, 1.165) is 13.1 Å². The van der Waals surface area contributed by atoms with Crippen molar-refractivity contribution in [3.8, 4) is 0 Å². The van der Waals surface area contributed by atoms with Gasteiger partial charge in [0.05, 0.1) is 27.2 Å². The molecule has 168 valence electrons. The molecule has 0 amide bonds. The maximum Gasteiger partial charge on any atom is 0.243 e. The molecule has 11 nitrogen and oxygen atoms in total. The second kappa shape index (κ2) is 13.4. The number of hydrogen-bond donors (Lipinski definition) is 0. The molecule has 0 unspecified atom stereocenters. The third-order valence-corrected chi connectivity index (χ3v) is 4.69. The highest BCUT2D eigenvalue weighted by molar-refractivity contribution is 7.94. The standard InChI is InChI=1S/2C8H15N2.H2O7S2/c2*1-3-4-5-10-7-6-9(2)8-10;1-8(2,3)7-9(4,5)6/h2*6-8H,3-5H2,1-2H3;(H,1,2,3)(H,4,5,6)/q2*+1;/p-2. The molecule has 2 aromatic rings. The van der Waals surface area contributed by atoms with Crippen LogP contribution in [0.2, 0.25) is 0 Å². The summed E-state index contributed by atoms with van der Waals surface area (Å²) in [7, 11) is -6.78. The van der Waals surface area contributed by atoms with Crippen LogP contribution >= 0.6 is 0 Å². The zero-order valence-corrected chi connectivity index (χ0v) is 18.8. The monoisotopic (exact) mass is 454 g/mol. The highest BCUT2D eigenvalue weighted by Gasteiger charge is 1.99. The molecule has 0 N–H and O–H groups in total. The number of aryl methyl sites for hydroxylation is 4. The number of nitrogens with zero attached hydrogens (tertiary/aromatic N) is 4. The van der Waals surface area contributed by atoms with Gasteiger partial charge in [0.25, 0.3) is 0 Å². The minimum atomic E-state index is -5.43. The van der Waals surface area contributed by atoms with Gasteiger partial charge in [0.15, 0.2) is 0 Å². The Morgan fingerprint density at radius 1 is 0.793 bits per heavy atom. The van der Waals surface area contributed by atoms with Gasteiger partial charge in [-0.05, 0) is 12.8 Å². The van der Waals surface area contributed by atoms with Gasteiger partial charge in [-0.1, -0.05) is 26.7 Å². The van der Waals surface area contributed by atoms with Gasteiger partial charge in [0, 0.05) is 0 Å². The Labute approximate surface area is 173 Å². The lowest BCUT2D eigenvalue weighted by Gasteiger charge is -2.08. The lowest BCUT2D eigenvalue weighted by molar-refractivity contribution is -0.671. The van der Waals surface area contributed by atoms with Crippen molar-refractivity contribution in [2.45, 2.75) is 52.6 Å². The van der Waals surface area contributed by atoms with Crippen LogP contribution in [0.15, 0.2) is 37.4 Å². The van der Waals surface area contributed by atoms with Gasteiger partial charge in [-0.15, -0.1) is 0 Å². The quantitative estimate of drug-likeness (QED) is 0.314. The van der Waals surface area contributed by atoms with Crippen LogP contribution in [0.1, 0.15) is 39.5 Å². The molecule has 2 rings (SSSR count). The van der Waals surface area contributed by atoms with E-state index in [4.69, 9.17) is 0 Å². The molecule has 29 heavy (non-hydrogen) atoms. The lowest BCUT2D eigenvalue weighted by Crippen LogP contribution is -2.23. The second-order valence-corrected chi connectivity index (χ2v) is 8.40. The van der Waals surface area contributed by atoms with E-state index in [0.29, 0.717) is 0 Å². The molecule has 0 saturated heterocycles. The fraction of sp³-hybridized carbons (Fsp3) is 0.625. The fourth-order valence-electron chi connectivity index (χ4n) is 2.05. The van der Waals surface area contributed by atoms with Gasteiger partial charge in [-0.3, -0.25) is 0 Å². The smallest absolute Gasteiger partial charge is 0.243 e. The van der Waals surface area contributed by atoms with Crippen molar-refractivity contribution in [2.75, 3.05) is 0 Å². The van der Waals surface area contributed by atoms with Crippen molar-refractivity contribution in [1.29, 1.82) is 0 Å². The van der Waals surface area contributed by atoms with Gasteiger partial charge in [0.2, 0.25) is 33.5 Å². The molecule has 0 spiro atoms. The average molecular weight is 455 g/mol. The number of rotatable bonds is 8. The first-order chi connectivity index (χ1) is 13.4. The second-order valence-electron chi connectivity index (χ2n) is 6.23. The third-order valence-electron chi connectivity index (χ3n) is 3.35. The summed E-state index contributed by atoms with van der Waals surface area (Å²) in [5.41, 5.74) is 0. The zero-order chi connectivity index (χ0) is 22.5. The van der Waals surface area contributed by atoms with E-state index in [1.54, 1.807) is 0 Å². The molecular weight excluding hydrogens is 424 g/mol. The summed E-state index contributed by atoms with van der Waals surface area (Å²) in [6, 6.07) is 0. The molecule has 0 aliphatic rings. The summed E-state index contributed by atoms with van der Waals surface area (Å²) in [6.07, 6.45) is 17.6. The molecule has 2 aromatic heterocycles. The highest BCUT2D eigenvalue weighted by atomic mass is 32.3. The average Bonchev–Trinajstić information content (AvgIpc) is 3.17. The van der Waals surface area contributed by atoms with Crippen molar-refractivity contribution in [1.82, 2.24) is 9.13 Å². The molecule has 0 atom stereocenters. The highest BCUT2D eigenvalue weighted by Crippen LogP contribution is 1.93. The van der Waals surface area contributed by atoms with Crippen molar-refractivity contribution in [2.24, 2.45) is 14.1 Å². The number of imidazole rings is 2. The predicted octanol–water partition coefficient (Wildman–Crippen LogP) is 0.149. The topological polar surface area (TPSA) is 141 Å². The molecule has 13 heteroatoms. The first-order valence-electron chi connectivity index (χ1n) is 9.01. The number of hydrogen-bond acceptors (Lipinski definition) is 7. The van der Waals surface area contributed by atoms with Gasteiger partial charge in [0.1, 0.15) is 24.8 Å². The van der Waals surface area contributed by atoms with Crippen LogP contribution in [-0.4, -0.2) is 35.1 Å². The van der Waals surface area contributed by atoms with E-state index in [1.807, 2.05) is 14.1 Å². The Balaban J connectivity index is 0.000000407. The first-order valence-corrected chi connectivity index (χ1v) is 11.7. The van der Waals surface area contributed by atoms with E-state index in [2.05, 4.69) is 73.2 Å². The molecule has 0 aliphatic heterocycles. The lowest BCUT2D eigenvalue weighted by atomic mass is 10.3. The number of unbranched alkanes of at least 4 members (excludes halogenated alkanes) is 2. The van der Waals surface area contributed by atoms with Crippen LogP contribution in [0.3, 0.4) is 0 Å². The summed E-state index contributed by atoms with van der Waals surface area (Å²) >= 11 is 0. The summed E-state index contributed by atoms with van der Waals surface area (Å²) < 4.78 is 66.8. The minimum absolute atomic E-state index is 1.15. The molecule has 0 aromatic carbocycles. The largest absolute Gasteiger partial charge is 0.725 e. The predicted molar refractivity (Wildman–Crippen MR) is 102 cm³/mol. The zero-order valence-electron chi connectivity index (χ0n) is 17.2. The molecule has 2 heterocycles. The summed E-state index contributed by atoms with van der Waals surface area (Å²) in [4.78, 5) is 0. The van der Waals surface area contributed by atoms with E-state index in [-0.39, 0.29) is 0 Å². The SMILES string of the molecule is CCCCn1cc[n+](C)c1.CCCCn1cc[n+](C)c1.O=S(=O)([O-])OS(=O)(=O)[O-]. The van der Waals surface area contributed by atoms with E-state index in [1.165, 1.54) is 25.7 Å². The van der Waals surface area contributed by atoms with Crippen LogP contribution in [0.5, 0.6) is 0 Å². The van der Waals surface area contributed by atoms with Crippen LogP contribution in [0.4, 0.5) is 0 Å². The van der Waals surface area contributed by atoms with Gasteiger partial charge in [-0.25, -0.2) is 35.1 Å². The molecule has 0 aliphatic carbocycles. The van der Waals surface area contributed by atoms with Crippen LogP contribution < -0.4 is 9.13 Å². The van der Waals surface area contributed by atoms with Crippen molar-refractivity contribution in [3.05, 3.63) is 37.4 Å². The van der Waals surface area contributed by atoms with Crippen LogP contribution in [0, 0.1) is 0 Å². The van der Waals surface area contributed by atoms with Gasteiger partial charge < -0.3 is 9.11 Å². The summed E-state index contributed by atoms with van der Waals surface area (Å²) in [5.74, 6) is 0. The fourth-order valence-corrected chi connectivity index (χ4v) is 2.87. The molecular formula is C16H30N4O7S2. The summed E-state index contributed by atoms with van der Waals surface area (Å²) in [5, 5.41) is 0. The van der Waals surface area contributed by atoms with E-state index >= 15 is 0 Å². The first kappa shape index (κ1) is 27.2. The van der Waals surface area contributed by atoms with Crippen LogP contribution in [0.25, 0.3) is 0 Å². The third kappa shape index (κ3) is 16.8. The maximum atomic E-state index is 9.29. The summed E-state index contributed by atoms with van der Waals surface area (Å²) in [6.45, 7) is 6.72. The van der Waals surface area contributed by atoms with Crippen molar-refractivity contribution >= 4 is 20.8 Å². The van der Waals surface area contributed by atoms with Gasteiger partial charge >= 0.3 is 0 Å². The van der Waals surface area contributed by atoms with E-state index in [9.17, 15) is 25.9 Å².